The van der Waals surface area contributed by atoms with E-state index in [1.54, 1.807) is 9.58 Å². The summed E-state index contributed by atoms with van der Waals surface area (Å²) in [5, 5.41) is 5.08. The lowest BCUT2D eigenvalue weighted by Gasteiger charge is -2.32. The number of aromatic nitrogens is 4. The fourth-order valence-corrected chi connectivity index (χ4v) is 3.65. The number of hydrogen-bond donors (Lipinski definition) is 1. The largest absolute Gasteiger partial charge is 0.478 e. The van der Waals surface area contributed by atoms with Crippen molar-refractivity contribution in [3.63, 3.8) is 0 Å². The van der Waals surface area contributed by atoms with Crippen molar-refractivity contribution in [2.45, 2.75) is 18.9 Å². The predicted molar refractivity (Wildman–Crippen MR) is 114 cm³/mol. The number of benzene rings is 1. The van der Waals surface area contributed by atoms with Gasteiger partial charge in [-0.05, 0) is 37.0 Å². The summed E-state index contributed by atoms with van der Waals surface area (Å²) < 4.78 is 33.7. The molecule has 1 atom stereocenters. The zero-order valence-corrected chi connectivity index (χ0v) is 17.1. The topological polar surface area (TPSA) is 99.2 Å². The normalized spacial score (nSPS) is 15.8. The monoisotopic (exact) mass is 438 g/mol. The van der Waals surface area contributed by atoms with Crippen LogP contribution in [0.2, 0.25) is 0 Å². The minimum Gasteiger partial charge on any atom is -0.478 e. The van der Waals surface area contributed by atoms with Gasteiger partial charge in [0, 0.05) is 19.2 Å². The molecule has 0 aliphatic carbocycles. The maximum Gasteiger partial charge on any atom is 0.246 e. The highest BCUT2D eigenvalue weighted by Gasteiger charge is 2.27. The fraction of sp³-hybridized carbons (Fsp3) is 0.273. The Morgan fingerprint density at radius 3 is 3.00 bits per heavy atom. The van der Waals surface area contributed by atoms with Crippen molar-refractivity contribution in [2.75, 3.05) is 25.4 Å². The lowest BCUT2D eigenvalue weighted by atomic mass is 10.1. The number of nitrogens with zero attached hydrogens (tertiary/aromatic N) is 5. The van der Waals surface area contributed by atoms with Gasteiger partial charge in [0.1, 0.15) is 30.3 Å². The van der Waals surface area contributed by atoms with E-state index in [9.17, 15) is 13.6 Å². The maximum atomic E-state index is 13.7. The predicted octanol–water partition coefficient (Wildman–Crippen LogP) is 2.47. The van der Waals surface area contributed by atoms with Crippen molar-refractivity contribution in [3.05, 3.63) is 54.5 Å². The number of nitrogens with two attached hydrogens (primary N) is 1. The van der Waals surface area contributed by atoms with Gasteiger partial charge in [-0.15, -0.1) is 0 Å². The lowest BCUT2D eigenvalue weighted by molar-refractivity contribution is -0.127. The summed E-state index contributed by atoms with van der Waals surface area (Å²) >= 11 is 0. The van der Waals surface area contributed by atoms with Crippen molar-refractivity contribution in [1.29, 1.82) is 0 Å². The van der Waals surface area contributed by atoms with Crippen molar-refractivity contribution in [3.8, 4) is 17.6 Å². The van der Waals surface area contributed by atoms with Crippen LogP contribution >= 0.6 is 0 Å². The molecule has 3 heterocycles. The van der Waals surface area contributed by atoms with E-state index >= 15 is 0 Å². The molecule has 32 heavy (non-hydrogen) atoms. The highest BCUT2D eigenvalue weighted by Crippen LogP contribution is 2.28. The van der Waals surface area contributed by atoms with E-state index in [4.69, 9.17) is 10.5 Å². The highest BCUT2D eigenvalue weighted by molar-refractivity contribution is 5.90. The molecular formula is C22H20F2N6O2. The second-order valence-corrected chi connectivity index (χ2v) is 7.20. The number of likely N-dealkylation sites (tertiary alicyclic amines) is 1. The molecule has 4 rings (SSSR count). The molecule has 0 bridgehead atoms. The van der Waals surface area contributed by atoms with Crippen LogP contribution in [0.3, 0.4) is 0 Å². The van der Waals surface area contributed by atoms with Crippen LogP contribution in [0.25, 0.3) is 11.0 Å². The van der Waals surface area contributed by atoms with Crippen LogP contribution < -0.4 is 10.5 Å². The molecule has 2 aromatic heterocycles. The number of fused-ring (bicyclic) bond motifs is 1. The SMILES string of the molecule is C=CC(=O)N1CCC[C@@H](n2nc(C#CCOc3ccc(F)cc3F)c3c(N)ncnc32)C1. The Kier molecular flexibility index (Phi) is 5.98. The third-order valence-corrected chi connectivity index (χ3v) is 5.15. The van der Waals surface area contributed by atoms with Crippen LogP contribution in [0.4, 0.5) is 14.6 Å². The van der Waals surface area contributed by atoms with Crippen LogP contribution in [-0.2, 0) is 4.79 Å². The second kappa shape index (κ2) is 9.01. The first-order valence-electron chi connectivity index (χ1n) is 9.94. The summed E-state index contributed by atoms with van der Waals surface area (Å²) in [5.41, 5.74) is 6.93. The number of halogens is 2. The van der Waals surface area contributed by atoms with Gasteiger partial charge in [-0.1, -0.05) is 12.5 Å². The van der Waals surface area contributed by atoms with Gasteiger partial charge in [-0.2, -0.15) is 5.10 Å². The summed E-state index contributed by atoms with van der Waals surface area (Å²) in [6.45, 7) is 4.52. The zero-order chi connectivity index (χ0) is 22.7. The third-order valence-electron chi connectivity index (χ3n) is 5.15. The Labute approximate surface area is 182 Å². The third kappa shape index (κ3) is 4.23. The van der Waals surface area contributed by atoms with Crippen molar-refractivity contribution >= 4 is 22.8 Å². The van der Waals surface area contributed by atoms with Crippen molar-refractivity contribution < 1.29 is 18.3 Å². The van der Waals surface area contributed by atoms with Crippen LogP contribution in [0.1, 0.15) is 24.6 Å². The first-order valence-corrected chi connectivity index (χ1v) is 9.94. The van der Waals surface area contributed by atoms with Gasteiger partial charge < -0.3 is 15.4 Å². The highest BCUT2D eigenvalue weighted by atomic mass is 19.1. The molecule has 0 saturated carbocycles. The molecule has 2 N–H and O–H groups in total. The number of carbonyl (C=O) groups is 1. The van der Waals surface area contributed by atoms with E-state index in [-0.39, 0.29) is 30.1 Å². The minimum absolute atomic E-state index is 0.104. The van der Waals surface area contributed by atoms with Crippen molar-refractivity contribution in [2.24, 2.45) is 0 Å². The molecule has 164 valence electrons. The Morgan fingerprint density at radius 1 is 1.38 bits per heavy atom. The molecule has 1 aliphatic rings. The summed E-state index contributed by atoms with van der Waals surface area (Å²) in [5.74, 6) is 4.13. The average molecular weight is 438 g/mol. The van der Waals surface area contributed by atoms with E-state index in [2.05, 4.69) is 33.5 Å². The Hall–Kier alpha value is -4.00. The number of amides is 1. The molecule has 0 spiro atoms. The number of hydrogen-bond acceptors (Lipinski definition) is 6. The van der Waals surface area contributed by atoms with Gasteiger partial charge in [0.2, 0.25) is 5.91 Å². The molecule has 0 unspecified atom stereocenters. The van der Waals surface area contributed by atoms with Crippen LogP contribution in [0.15, 0.2) is 37.2 Å². The van der Waals surface area contributed by atoms with E-state index in [0.29, 0.717) is 29.8 Å². The molecule has 1 aromatic carbocycles. The number of carbonyl (C=O) groups excluding carboxylic acids is 1. The van der Waals surface area contributed by atoms with Gasteiger partial charge in [0.25, 0.3) is 0 Å². The first-order chi connectivity index (χ1) is 15.5. The number of rotatable bonds is 4. The number of ether oxygens (including phenoxy) is 1. The number of nitrogen functional groups attached to an aromatic ring is 1. The molecule has 1 aliphatic heterocycles. The van der Waals surface area contributed by atoms with Gasteiger partial charge >= 0.3 is 0 Å². The quantitative estimate of drug-likeness (QED) is 0.496. The standard InChI is InChI=1S/C22H20F2N6O2/c1-2-19(31)29-9-3-5-15(12-29)30-22-20(21(25)26-13-27-22)17(28-30)6-4-10-32-18-8-7-14(23)11-16(18)24/h2,7-8,11,13,15H,1,3,5,9-10,12H2,(H2,25,26,27)/t15-/m1/s1. The molecule has 1 amide bonds. The lowest BCUT2D eigenvalue weighted by Crippen LogP contribution is -2.40. The number of piperidine rings is 1. The van der Waals surface area contributed by atoms with E-state index in [0.717, 1.165) is 25.0 Å². The summed E-state index contributed by atoms with van der Waals surface area (Å²) in [6, 6.07) is 2.93. The van der Waals surface area contributed by atoms with E-state index < -0.39 is 11.6 Å². The zero-order valence-electron chi connectivity index (χ0n) is 17.1. The number of anilines is 1. The molecular weight excluding hydrogens is 418 g/mol. The van der Waals surface area contributed by atoms with E-state index in [1.165, 1.54) is 18.5 Å². The Bertz CT molecular complexity index is 1250. The van der Waals surface area contributed by atoms with Crippen molar-refractivity contribution in [1.82, 2.24) is 24.6 Å². The summed E-state index contributed by atoms with van der Waals surface area (Å²) in [6.07, 6.45) is 4.26. The Balaban J connectivity index is 1.60. The van der Waals surface area contributed by atoms with Crippen LogP contribution in [-0.4, -0.2) is 50.3 Å². The minimum atomic E-state index is -0.810. The van der Waals surface area contributed by atoms with E-state index in [1.807, 2.05) is 0 Å². The summed E-state index contributed by atoms with van der Waals surface area (Å²) in [7, 11) is 0. The molecule has 0 radical (unpaired) electrons. The van der Waals surface area contributed by atoms with Crippen LogP contribution in [0, 0.1) is 23.5 Å². The molecule has 3 aromatic rings. The summed E-state index contributed by atoms with van der Waals surface area (Å²) in [4.78, 5) is 22.1. The molecule has 1 fully saturated rings. The Morgan fingerprint density at radius 2 is 2.22 bits per heavy atom. The fourth-order valence-electron chi connectivity index (χ4n) is 3.65. The molecule has 1 saturated heterocycles. The van der Waals surface area contributed by atoms with Gasteiger partial charge in [0.05, 0.1) is 11.4 Å². The van der Waals surface area contributed by atoms with Gasteiger partial charge in [-0.25, -0.2) is 23.4 Å². The molecule has 10 heteroatoms. The maximum absolute atomic E-state index is 13.7. The van der Waals surface area contributed by atoms with Crippen LogP contribution in [0.5, 0.6) is 5.75 Å². The molecule has 8 nitrogen and oxygen atoms in total. The first kappa shape index (κ1) is 21.2. The average Bonchev–Trinajstić information content (AvgIpc) is 3.17. The van der Waals surface area contributed by atoms with Gasteiger partial charge in [-0.3, -0.25) is 4.79 Å². The smallest absolute Gasteiger partial charge is 0.246 e. The van der Waals surface area contributed by atoms with Gasteiger partial charge in [0.15, 0.2) is 17.2 Å². The second-order valence-electron chi connectivity index (χ2n) is 7.20.